The summed E-state index contributed by atoms with van der Waals surface area (Å²) in [6.45, 7) is 9.87. The lowest BCUT2D eigenvalue weighted by Crippen LogP contribution is -2.46. The molecule has 1 heterocycles. The largest absolute Gasteiger partial charge is 0.369 e. The molecule has 0 saturated carbocycles. The fourth-order valence-corrected chi connectivity index (χ4v) is 2.64. The van der Waals surface area contributed by atoms with Crippen LogP contribution in [0.2, 0.25) is 0 Å². The monoisotopic (exact) mass is 289 g/mol. The summed E-state index contributed by atoms with van der Waals surface area (Å²) in [5.74, 6) is 0.112. The average Bonchev–Trinajstić information content (AvgIpc) is 2.54. The van der Waals surface area contributed by atoms with E-state index in [0.29, 0.717) is 6.42 Å². The molecule has 0 bridgehead atoms. The fraction of sp³-hybridized carbons (Fsp3) is 0.588. The van der Waals surface area contributed by atoms with Gasteiger partial charge in [0.15, 0.2) is 0 Å². The Labute approximate surface area is 128 Å². The molecule has 0 aromatic heterocycles. The molecule has 4 nitrogen and oxygen atoms in total. The predicted octanol–water partition coefficient (Wildman–Crippen LogP) is 2.96. The molecule has 1 aliphatic rings. The third-order valence-electron chi connectivity index (χ3n) is 4.09. The summed E-state index contributed by atoms with van der Waals surface area (Å²) in [6.07, 6.45) is 2.61. The zero-order valence-corrected chi connectivity index (χ0v) is 13.3. The minimum atomic E-state index is 0.112. The Bertz CT molecular complexity index is 436. The number of unbranched alkanes of at least 4 members (excludes halogenated alkanes) is 1. The molecule has 0 atom stereocenters. The highest BCUT2D eigenvalue weighted by Crippen LogP contribution is 2.19. The van der Waals surface area contributed by atoms with E-state index in [0.717, 1.165) is 51.3 Å². The number of hydrogen-bond acceptors (Lipinski definition) is 3. The molecule has 0 unspecified atom stereocenters. The lowest BCUT2D eigenvalue weighted by Gasteiger charge is -2.35. The second-order valence-electron chi connectivity index (χ2n) is 5.62. The Morgan fingerprint density at radius 2 is 1.76 bits per heavy atom. The first kappa shape index (κ1) is 15.8. The van der Waals surface area contributed by atoms with Gasteiger partial charge in [-0.05, 0) is 37.2 Å². The number of nitrogens with zero attached hydrogens (tertiary/aromatic N) is 2. The maximum atomic E-state index is 11.7. The van der Waals surface area contributed by atoms with Gasteiger partial charge in [0.2, 0.25) is 5.91 Å². The van der Waals surface area contributed by atoms with Crippen LogP contribution in [0.25, 0.3) is 0 Å². The number of likely N-dealkylation sites (N-methyl/N-ethyl adjacent to an activating group) is 1. The second kappa shape index (κ2) is 8.03. The van der Waals surface area contributed by atoms with Crippen LogP contribution in [-0.2, 0) is 4.79 Å². The maximum absolute atomic E-state index is 11.7. The van der Waals surface area contributed by atoms with Crippen molar-refractivity contribution in [3.05, 3.63) is 24.3 Å². The molecular weight excluding hydrogens is 262 g/mol. The third-order valence-corrected chi connectivity index (χ3v) is 4.09. The van der Waals surface area contributed by atoms with Crippen LogP contribution in [-0.4, -0.2) is 43.5 Å². The average molecular weight is 289 g/mol. The Morgan fingerprint density at radius 3 is 2.33 bits per heavy atom. The van der Waals surface area contributed by atoms with Crippen LogP contribution in [0.4, 0.5) is 11.4 Å². The normalized spacial score (nSPS) is 16.0. The van der Waals surface area contributed by atoms with Crippen molar-refractivity contribution in [2.75, 3.05) is 42.9 Å². The zero-order valence-electron chi connectivity index (χ0n) is 13.3. The fourth-order valence-electron chi connectivity index (χ4n) is 2.64. The van der Waals surface area contributed by atoms with Crippen molar-refractivity contribution in [1.82, 2.24) is 4.90 Å². The first-order chi connectivity index (χ1) is 10.2. The summed E-state index contributed by atoms with van der Waals surface area (Å²) >= 11 is 0. The Hall–Kier alpha value is -1.55. The van der Waals surface area contributed by atoms with E-state index in [9.17, 15) is 4.79 Å². The van der Waals surface area contributed by atoms with Gasteiger partial charge in [0.1, 0.15) is 0 Å². The van der Waals surface area contributed by atoms with Crippen LogP contribution in [0, 0.1) is 0 Å². The van der Waals surface area contributed by atoms with Crippen LogP contribution in [0.5, 0.6) is 0 Å². The van der Waals surface area contributed by atoms with E-state index in [-0.39, 0.29) is 5.91 Å². The quantitative estimate of drug-likeness (QED) is 0.874. The van der Waals surface area contributed by atoms with Crippen molar-refractivity contribution >= 4 is 17.3 Å². The molecule has 0 aliphatic carbocycles. The van der Waals surface area contributed by atoms with Gasteiger partial charge in [-0.25, -0.2) is 0 Å². The minimum absolute atomic E-state index is 0.112. The molecule has 2 rings (SSSR count). The van der Waals surface area contributed by atoms with Gasteiger partial charge in [0, 0.05) is 44.0 Å². The number of carbonyl (C=O) groups excluding carboxylic acids is 1. The minimum Gasteiger partial charge on any atom is -0.369 e. The number of hydrogen-bond donors (Lipinski definition) is 1. The molecule has 1 N–H and O–H groups in total. The lowest BCUT2D eigenvalue weighted by atomic mass is 10.2. The van der Waals surface area contributed by atoms with Crippen molar-refractivity contribution in [2.24, 2.45) is 0 Å². The SMILES string of the molecule is CCCCC(=O)Nc1ccc(N2CCN(CC)CC2)cc1. The summed E-state index contributed by atoms with van der Waals surface area (Å²) in [6, 6.07) is 8.23. The van der Waals surface area contributed by atoms with Gasteiger partial charge in [-0.1, -0.05) is 20.3 Å². The summed E-state index contributed by atoms with van der Waals surface area (Å²) in [5, 5.41) is 2.96. The Balaban J connectivity index is 1.86. The number of anilines is 2. The maximum Gasteiger partial charge on any atom is 0.224 e. The standard InChI is InChI=1S/C17H27N3O/c1-3-5-6-17(21)18-15-7-9-16(10-8-15)20-13-11-19(4-2)12-14-20/h7-10H,3-6,11-14H2,1-2H3,(H,18,21). The molecule has 0 spiro atoms. The molecule has 1 aromatic carbocycles. The van der Waals surface area contributed by atoms with E-state index in [1.807, 2.05) is 12.1 Å². The van der Waals surface area contributed by atoms with Crippen molar-refractivity contribution in [3.63, 3.8) is 0 Å². The zero-order chi connectivity index (χ0) is 15.1. The van der Waals surface area contributed by atoms with Crippen LogP contribution in [0.3, 0.4) is 0 Å². The topological polar surface area (TPSA) is 35.6 Å². The summed E-state index contributed by atoms with van der Waals surface area (Å²) in [5.41, 5.74) is 2.14. The van der Waals surface area contributed by atoms with Crippen LogP contribution in [0.15, 0.2) is 24.3 Å². The van der Waals surface area contributed by atoms with Gasteiger partial charge in [-0.15, -0.1) is 0 Å². The van der Waals surface area contributed by atoms with Gasteiger partial charge in [0.25, 0.3) is 0 Å². The first-order valence-corrected chi connectivity index (χ1v) is 8.10. The molecule has 1 saturated heterocycles. The molecule has 1 amide bonds. The van der Waals surface area contributed by atoms with Crippen LogP contribution < -0.4 is 10.2 Å². The van der Waals surface area contributed by atoms with Crippen LogP contribution in [0.1, 0.15) is 33.1 Å². The highest BCUT2D eigenvalue weighted by Gasteiger charge is 2.15. The molecule has 1 aromatic rings. The van der Waals surface area contributed by atoms with E-state index in [1.54, 1.807) is 0 Å². The van der Waals surface area contributed by atoms with Crippen molar-refractivity contribution in [1.29, 1.82) is 0 Å². The second-order valence-corrected chi connectivity index (χ2v) is 5.62. The van der Waals surface area contributed by atoms with Gasteiger partial charge >= 0.3 is 0 Å². The summed E-state index contributed by atoms with van der Waals surface area (Å²) < 4.78 is 0. The number of piperazine rings is 1. The number of carbonyl (C=O) groups is 1. The molecular formula is C17H27N3O. The highest BCUT2D eigenvalue weighted by molar-refractivity contribution is 5.90. The van der Waals surface area contributed by atoms with Crippen LogP contribution >= 0.6 is 0 Å². The number of benzene rings is 1. The van der Waals surface area contributed by atoms with Gasteiger partial charge < -0.3 is 15.1 Å². The number of nitrogens with one attached hydrogen (secondary N) is 1. The Morgan fingerprint density at radius 1 is 1.10 bits per heavy atom. The van der Waals surface area contributed by atoms with Crippen molar-refractivity contribution in [3.8, 4) is 0 Å². The predicted molar refractivity (Wildman–Crippen MR) is 88.9 cm³/mol. The van der Waals surface area contributed by atoms with E-state index >= 15 is 0 Å². The summed E-state index contributed by atoms with van der Waals surface area (Å²) in [7, 11) is 0. The number of rotatable bonds is 6. The highest BCUT2D eigenvalue weighted by atomic mass is 16.1. The smallest absolute Gasteiger partial charge is 0.224 e. The molecule has 1 aliphatic heterocycles. The van der Waals surface area contributed by atoms with Gasteiger partial charge in [-0.2, -0.15) is 0 Å². The molecule has 1 fully saturated rings. The van der Waals surface area contributed by atoms with E-state index in [4.69, 9.17) is 0 Å². The molecule has 4 heteroatoms. The third kappa shape index (κ3) is 4.74. The van der Waals surface area contributed by atoms with Crippen molar-refractivity contribution < 1.29 is 4.79 Å². The van der Waals surface area contributed by atoms with E-state index in [2.05, 4.69) is 41.1 Å². The molecule has 21 heavy (non-hydrogen) atoms. The summed E-state index contributed by atoms with van der Waals surface area (Å²) in [4.78, 5) is 16.6. The lowest BCUT2D eigenvalue weighted by molar-refractivity contribution is -0.116. The first-order valence-electron chi connectivity index (χ1n) is 8.10. The molecule has 0 radical (unpaired) electrons. The van der Waals surface area contributed by atoms with Crippen molar-refractivity contribution in [2.45, 2.75) is 33.1 Å². The van der Waals surface area contributed by atoms with Gasteiger partial charge in [-0.3, -0.25) is 4.79 Å². The van der Waals surface area contributed by atoms with E-state index in [1.165, 1.54) is 5.69 Å². The number of amides is 1. The van der Waals surface area contributed by atoms with E-state index < -0.39 is 0 Å². The molecule has 116 valence electrons. The Kier molecular flexibility index (Phi) is 6.05. The van der Waals surface area contributed by atoms with Gasteiger partial charge in [0.05, 0.1) is 0 Å².